The minimum Gasteiger partial charge on any atom is -0.367 e. The number of carbonyl (C=O) groups is 1. The Bertz CT molecular complexity index is 1590. The molecule has 1 aliphatic rings. The summed E-state index contributed by atoms with van der Waals surface area (Å²) in [7, 11) is 0. The number of nitrogens with zero attached hydrogens (tertiary/aromatic N) is 4. The molecule has 3 aromatic heterocycles. The zero-order valence-electron chi connectivity index (χ0n) is 21.0. The van der Waals surface area contributed by atoms with Crippen LogP contribution in [0.3, 0.4) is 0 Å². The summed E-state index contributed by atoms with van der Waals surface area (Å²) in [6, 6.07) is 26.6. The van der Waals surface area contributed by atoms with Crippen LogP contribution in [0.25, 0.3) is 22.3 Å². The van der Waals surface area contributed by atoms with Crippen LogP contribution in [0.5, 0.6) is 5.75 Å². The van der Waals surface area contributed by atoms with Crippen molar-refractivity contribution in [1.29, 1.82) is 0 Å². The number of hydrogen-bond donors (Lipinski definition) is 2. The third-order valence-corrected chi connectivity index (χ3v) is 7.06. The van der Waals surface area contributed by atoms with Crippen molar-refractivity contribution in [3.63, 3.8) is 0 Å². The Morgan fingerprint density at radius 1 is 0.949 bits per heavy atom. The number of hydrogen-bond acceptors (Lipinski definition) is 8. The molecule has 196 valence electrons. The van der Waals surface area contributed by atoms with E-state index >= 15 is 0 Å². The molecule has 1 aliphatic heterocycles. The molecule has 1 fully saturated rings. The lowest BCUT2D eigenvalue weighted by molar-refractivity contribution is -0.0785. The van der Waals surface area contributed by atoms with Crippen LogP contribution in [0.4, 0.5) is 11.4 Å². The molecule has 39 heavy (non-hydrogen) atoms. The molecule has 10 heteroatoms. The third-order valence-electron chi connectivity index (χ3n) is 6.39. The molecule has 1 amide bonds. The van der Waals surface area contributed by atoms with Crippen LogP contribution in [0.15, 0.2) is 97.3 Å². The normalized spacial score (nSPS) is 13.4. The van der Waals surface area contributed by atoms with E-state index in [4.69, 9.17) is 14.2 Å². The van der Waals surface area contributed by atoms with E-state index in [-0.39, 0.29) is 5.91 Å². The lowest BCUT2D eigenvalue weighted by Crippen LogP contribution is -2.43. The van der Waals surface area contributed by atoms with Crippen LogP contribution in [0.2, 0.25) is 0 Å². The van der Waals surface area contributed by atoms with Crippen molar-refractivity contribution < 1.29 is 14.0 Å². The highest BCUT2D eigenvalue weighted by Crippen LogP contribution is 2.32. The van der Waals surface area contributed by atoms with Gasteiger partial charge in [-0.2, -0.15) is 0 Å². The fraction of sp³-hybridized carbons (Fsp3) is 0.138. The Labute approximate surface area is 230 Å². The number of piperazine rings is 1. The number of aromatic nitrogens is 3. The first kappa shape index (κ1) is 24.9. The van der Waals surface area contributed by atoms with Gasteiger partial charge in [-0.3, -0.25) is 13.8 Å². The quantitative estimate of drug-likeness (QED) is 0.159. The Morgan fingerprint density at radius 3 is 2.64 bits per heavy atom. The Kier molecular flexibility index (Phi) is 7.39. The van der Waals surface area contributed by atoms with Crippen molar-refractivity contribution in [3.8, 4) is 17.1 Å². The van der Waals surface area contributed by atoms with Crippen LogP contribution in [0, 0.1) is 0 Å². The van der Waals surface area contributed by atoms with Gasteiger partial charge in [-0.25, -0.2) is 4.98 Å². The molecule has 2 aromatic carbocycles. The average Bonchev–Trinajstić information content (AvgIpc) is 3.37. The summed E-state index contributed by atoms with van der Waals surface area (Å²) in [5, 5.41) is 7.38. The van der Waals surface area contributed by atoms with Gasteiger partial charge in [0.05, 0.1) is 34.5 Å². The summed E-state index contributed by atoms with van der Waals surface area (Å²) < 4.78 is 7.41. The summed E-state index contributed by atoms with van der Waals surface area (Å²) in [6.07, 6.45) is 3.42. The van der Waals surface area contributed by atoms with Crippen molar-refractivity contribution in [2.45, 2.75) is 0 Å². The predicted molar refractivity (Wildman–Crippen MR) is 154 cm³/mol. The van der Waals surface area contributed by atoms with Crippen molar-refractivity contribution in [3.05, 3.63) is 103 Å². The lowest BCUT2D eigenvalue weighted by Gasteiger charge is -2.30. The van der Waals surface area contributed by atoms with Crippen LogP contribution in [-0.4, -0.2) is 46.0 Å². The number of pyridine rings is 2. The number of rotatable bonds is 8. The van der Waals surface area contributed by atoms with E-state index in [0.717, 1.165) is 60.7 Å². The van der Waals surface area contributed by atoms with Crippen LogP contribution in [-0.2, 0) is 4.33 Å². The number of fused-ring (bicyclic) bond motifs is 1. The first-order valence-corrected chi connectivity index (χ1v) is 13.3. The van der Waals surface area contributed by atoms with Gasteiger partial charge in [-0.1, -0.05) is 46.8 Å². The van der Waals surface area contributed by atoms with Gasteiger partial charge in [-0.05, 0) is 42.5 Å². The second-order valence-electron chi connectivity index (χ2n) is 8.91. The highest BCUT2D eigenvalue weighted by molar-refractivity contribution is 7.93. The summed E-state index contributed by atoms with van der Waals surface area (Å²) in [4.78, 5) is 30.0. The van der Waals surface area contributed by atoms with Crippen molar-refractivity contribution in [2.24, 2.45) is 0 Å². The van der Waals surface area contributed by atoms with E-state index in [9.17, 15) is 4.79 Å². The standard InChI is InChI=1S/C29H26N6O3S/c36-29(33-25-20-31-14-13-27(25)34-17-15-30-16-18-34)24-11-6-10-23(32-24)28-19-21-7-4-5-12-26(21)35(28)39-38-37-22-8-2-1-3-9-22/h1-14,19-20,30H,15-18H2,(H,33,36). The van der Waals surface area contributed by atoms with Gasteiger partial charge >= 0.3 is 0 Å². The number of amides is 1. The van der Waals surface area contributed by atoms with Crippen molar-refractivity contribution >= 4 is 40.4 Å². The molecular formula is C29H26N6O3S. The molecule has 9 nitrogen and oxygen atoms in total. The Morgan fingerprint density at radius 2 is 1.77 bits per heavy atom. The maximum absolute atomic E-state index is 13.3. The SMILES string of the molecule is O=C(Nc1cnccc1N1CCNCC1)c1cccc(-c2cc3ccccc3n2SOOc2ccccc2)n1. The lowest BCUT2D eigenvalue weighted by atomic mass is 10.2. The van der Waals surface area contributed by atoms with Crippen LogP contribution < -0.4 is 20.4 Å². The first-order chi connectivity index (χ1) is 19.3. The molecular weight excluding hydrogens is 512 g/mol. The number of carbonyl (C=O) groups excluding carboxylic acids is 1. The molecule has 1 saturated heterocycles. The highest BCUT2D eigenvalue weighted by atomic mass is 32.2. The van der Waals surface area contributed by atoms with E-state index in [1.807, 2.05) is 82.8 Å². The van der Waals surface area contributed by atoms with Crippen LogP contribution in [0.1, 0.15) is 10.5 Å². The van der Waals surface area contributed by atoms with E-state index in [2.05, 4.69) is 20.5 Å². The largest absolute Gasteiger partial charge is 0.367 e. The molecule has 2 N–H and O–H groups in total. The summed E-state index contributed by atoms with van der Waals surface area (Å²) in [6.45, 7) is 3.51. The molecule has 5 aromatic rings. The number of anilines is 2. The predicted octanol–water partition coefficient (Wildman–Crippen LogP) is 5.18. The van der Waals surface area contributed by atoms with Gasteiger partial charge in [0.1, 0.15) is 5.69 Å². The second-order valence-corrected chi connectivity index (χ2v) is 9.56. The summed E-state index contributed by atoms with van der Waals surface area (Å²) >= 11 is 1.04. The molecule has 0 aliphatic carbocycles. The van der Waals surface area contributed by atoms with Crippen LogP contribution >= 0.6 is 12.2 Å². The average molecular weight is 539 g/mol. The van der Waals surface area contributed by atoms with Gasteiger partial charge in [0, 0.05) is 37.8 Å². The van der Waals surface area contributed by atoms with E-state index in [1.54, 1.807) is 18.5 Å². The molecule has 0 atom stereocenters. The maximum atomic E-state index is 13.3. The smallest absolute Gasteiger partial charge is 0.274 e. The molecule has 0 radical (unpaired) electrons. The molecule has 0 spiro atoms. The number of benzene rings is 2. The van der Waals surface area contributed by atoms with Gasteiger partial charge in [0.25, 0.3) is 5.91 Å². The van der Waals surface area contributed by atoms with Crippen molar-refractivity contribution in [1.82, 2.24) is 19.3 Å². The fourth-order valence-corrected chi connectivity index (χ4v) is 5.15. The zero-order chi connectivity index (χ0) is 26.4. The topological polar surface area (TPSA) is 93.5 Å². The maximum Gasteiger partial charge on any atom is 0.274 e. The second kappa shape index (κ2) is 11.6. The Hall–Kier alpha value is -4.38. The van der Waals surface area contributed by atoms with E-state index in [1.165, 1.54) is 0 Å². The highest BCUT2D eigenvalue weighted by Gasteiger charge is 2.19. The summed E-state index contributed by atoms with van der Waals surface area (Å²) in [5.41, 5.74) is 4.24. The van der Waals surface area contributed by atoms with Gasteiger partial charge in [0.2, 0.25) is 0 Å². The fourth-order valence-electron chi connectivity index (χ4n) is 4.50. The third kappa shape index (κ3) is 5.58. The molecule has 6 rings (SSSR count). The molecule has 0 unspecified atom stereocenters. The zero-order valence-corrected chi connectivity index (χ0v) is 21.8. The van der Waals surface area contributed by atoms with Gasteiger partial charge in [-0.15, -0.1) is 0 Å². The Balaban J connectivity index is 1.26. The molecule has 4 heterocycles. The summed E-state index contributed by atoms with van der Waals surface area (Å²) in [5.74, 6) is 0.288. The minimum atomic E-state index is -0.305. The van der Waals surface area contributed by atoms with Gasteiger partial charge in [0.15, 0.2) is 18.0 Å². The van der Waals surface area contributed by atoms with Gasteiger partial charge < -0.3 is 20.4 Å². The monoisotopic (exact) mass is 538 g/mol. The molecule has 0 bridgehead atoms. The van der Waals surface area contributed by atoms with E-state index in [0.29, 0.717) is 22.8 Å². The number of para-hydroxylation sites is 2. The first-order valence-electron chi connectivity index (χ1n) is 12.6. The van der Waals surface area contributed by atoms with E-state index < -0.39 is 0 Å². The minimum absolute atomic E-state index is 0.297. The number of nitrogens with one attached hydrogen (secondary N) is 2. The van der Waals surface area contributed by atoms with Crippen molar-refractivity contribution in [2.75, 3.05) is 36.4 Å². The molecule has 0 saturated carbocycles.